The fraction of sp³-hybridized carbons (Fsp3) is 0.375. The third kappa shape index (κ3) is 3.91. The van der Waals surface area contributed by atoms with E-state index in [4.69, 9.17) is 11.6 Å². The summed E-state index contributed by atoms with van der Waals surface area (Å²) in [5, 5.41) is 4.72. The number of nitrogens with zero attached hydrogens (tertiary/aromatic N) is 3. The van der Waals surface area contributed by atoms with Crippen LogP contribution in [-0.2, 0) is 13.5 Å². The van der Waals surface area contributed by atoms with Crippen LogP contribution < -0.4 is 0 Å². The van der Waals surface area contributed by atoms with Crippen LogP contribution in [0.2, 0.25) is 5.02 Å². The summed E-state index contributed by atoms with van der Waals surface area (Å²) in [6.45, 7) is 6.16. The molecule has 0 unspecified atom stereocenters. The zero-order chi connectivity index (χ0) is 15.4. The van der Waals surface area contributed by atoms with Gasteiger partial charge in [0.2, 0.25) is 0 Å². The summed E-state index contributed by atoms with van der Waals surface area (Å²) in [6.07, 6.45) is 3.70. The highest BCUT2D eigenvalue weighted by Crippen LogP contribution is 2.24. The second-order valence-corrected chi connectivity index (χ2v) is 5.54. The molecule has 0 atom stereocenters. The van der Waals surface area contributed by atoms with Gasteiger partial charge in [-0.2, -0.15) is 5.10 Å². The van der Waals surface area contributed by atoms with E-state index in [-0.39, 0.29) is 5.82 Å². The molecule has 0 aliphatic heterocycles. The van der Waals surface area contributed by atoms with Crippen molar-refractivity contribution in [1.29, 1.82) is 0 Å². The largest absolute Gasteiger partial charge is 0.249 e. The molecule has 5 heteroatoms. The molecular formula is C16H19ClFN3. The first-order chi connectivity index (χ1) is 10.0. The molecule has 112 valence electrons. The molecule has 0 radical (unpaired) electrons. The summed E-state index contributed by atoms with van der Waals surface area (Å²) in [6, 6.07) is 4.56. The Hall–Kier alpha value is -1.68. The van der Waals surface area contributed by atoms with E-state index < -0.39 is 0 Å². The number of benzene rings is 1. The number of allylic oxidation sites excluding steroid dienone is 1. The number of aromatic nitrogens is 3. The topological polar surface area (TPSA) is 30.7 Å². The molecule has 3 nitrogen and oxygen atoms in total. The summed E-state index contributed by atoms with van der Waals surface area (Å²) in [5.41, 5.74) is 1.61. The Bertz CT molecular complexity index is 649. The quantitative estimate of drug-likeness (QED) is 0.732. The number of aryl methyl sites for hydroxylation is 2. The van der Waals surface area contributed by atoms with E-state index in [1.165, 1.54) is 11.6 Å². The van der Waals surface area contributed by atoms with Gasteiger partial charge in [0, 0.05) is 18.5 Å². The Balaban J connectivity index is 2.17. The van der Waals surface area contributed by atoms with Crippen LogP contribution in [0.4, 0.5) is 4.39 Å². The summed E-state index contributed by atoms with van der Waals surface area (Å²) >= 11 is 5.77. The summed E-state index contributed by atoms with van der Waals surface area (Å²) in [4.78, 5) is 4.43. The van der Waals surface area contributed by atoms with Crippen molar-refractivity contribution in [3.63, 3.8) is 0 Å². The lowest BCUT2D eigenvalue weighted by molar-refractivity contribution is 0.627. The van der Waals surface area contributed by atoms with Gasteiger partial charge in [0.25, 0.3) is 0 Å². The van der Waals surface area contributed by atoms with Gasteiger partial charge in [0.05, 0.1) is 5.56 Å². The molecule has 2 rings (SSSR count). The van der Waals surface area contributed by atoms with Crippen molar-refractivity contribution < 1.29 is 4.39 Å². The van der Waals surface area contributed by atoms with Crippen molar-refractivity contribution >= 4 is 11.6 Å². The summed E-state index contributed by atoms with van der Waals surface area (Å²) < 4.78 is 15.6. The lowest BCUT2D eigenvalue weighted by Crippen LogP contribution is -1.96. The van der Waals surface area contributed by atoms with E-state index in [2.05, 4.69) is 23.6 Å². The molecule has 0 amide bonds. The number of rotatable bonds is 6. The maximum absolute atomic E-state index is 14.0. The van der Waals surface area contributed by atoms with Gasteiger partial charge in [-0.1, -0.05) is 37.1 Å². The highest BCUT2D eigenvalue weighted by Gasteiger charge is 2.14. The fourth-order valence-electron chi connectivity index (χ4n) is 2.22. The van der Waals surface area contributed by atoms with E-state index in [0.717, 1.165) is 25.7 Å². The first-order valence-corrected chi connectivity index (χ1v) is 7.41. The van der Waals surface area contributed by atoms with Crippen LogP contribution in [-0.4, -0.2) is 14.8 Å². The first-order valence-electron chi connectivity index (χ1n) is 7.03. The minimum absolute atomic E-state index is 0.370. The van der Waals surface area contributed by atoms with E-state index in [1.54, 1.807) is 23.9 Å². The van der Waals surface area contributed by atoms with Crippen molar-refractivity contribution in [2.24, 2.45) is 7.05 Å². The average molecular weight is 308 g/mol. The lowest BCUT2D eigenvalue weighted by Gasteiger charge is -2.02. The van der Waals surface area contributed by atoms with Crippen LogP contribution in [0.5, 0.6) is 0 Å². The maximum atomic E-state index is 14.0. The molecule has 1 aromatic heterocycles. The molecule has 0 fully saturated rings. The van der Waals surface area contributed by atoms with E-state index >= 15 is 0 Å². The minimum atomic E-state index is -0.389. The molecule has 0 spiro atoms. The van der Waals surface area contributed by atoms with Gasteiger partial charge in [0.1, 0.15) is 5.82 Å². The molecule has 0 bridgehead atoms. The Kier molecular flexibility index (Phi) is 5.12. The van der Waals surface area contributed by atoms with Crippen molar-refractivity contribution in [1.82, 2.24) is 14.8 Å². The van der Waals surface area contributed by atoms with Crippen molar-refractivity contribution in [3.05, 3.63) is 47.0 Å². The van der Waals surface area contributed by atoms with Gasteiger partial charge >= 0.3 is 0 Å². The number of hydrogen-bond acceptors (Lipinski definition) is 2. The summed E-state index contributed by atoms with van der Waals surface area (Å²) in [7, 11) is 1.76. The lowest BCUT2D eigenvalue weighted by atomic mass is 10.1. The van der Waals surface area contributed by atoms with Crippen LogP contribution >= 0.6 is 11.6 Å². The Morgan fingerprint density at radius 2 is 2.14 bits per heavy atom. The standard InChI is InChI=1S/C16H19ClFN3/c1-4-5-11(2)6-9-15-19-16(21(3)20-15)13-8-7-12(17)10-14(13)18/h7-8,10H,2,4-6,9H2,1,3H3. The third-order valence-electron chi connectivity index (χ3n) is 3.28. The molecule has 0 aliphatic rings. The molecule has 1 heterocycles. The predicted octanol–water partition coefficient (Wildman–Crippen LogP) is 4.56. The van der Waals surface area contributed by atoms with Crippen LogP contribution in [0.15, 0.2) is 30.4 Å². The van der Waals surface area contributed by atoms with E-state index in [1.807, 2.05) is 0 Å². The molecule has 0 saturated heterocycles. The Morgan fingerprint density at radius 1 is 1.38 bits per heavy atom. The molecule has 2 aromatic rings. The van der Waals surface area contributed by atoms with Crippen molar-refractivity contribution in [2.45, 2.75) is 32.6 Å². The average Bonchev–Trinajstić information content (AvgIpc) is 2.78. The molecule has 0 saturated carbocycles. The van der Waals surface area contributed by atoms with Gasteiger partial charge in [-0.15, -0.1) is 0 Å². The van der Waals surface area contributed by atoms with Crippen LogP contribution in [0.25, 0.3) is 11.4 Å². The van der Waals surface area contributed by atoms with Crippen molar-refractivity contribution in [2.75, 3.05) is 0 Å². The van der Waals surface area contributed by atoms with Gasteiger partial charge in [0.15, 0.2) is 11.6 Å². The predicted molar refractivity (Wildman–Crippen MR) is 83.8 cm³/mol. The molecular weight excluding hydrogens is 289 g/mol. The molecule has 21 heavy (non-hydrogen) atoms. The Morgan fingerprint density at radius 3 is 2.81 bits per heavy atom. The Labute approximate surface area is 129 Å². The molecule has 0 N–H and O–H groups in total. The minimum Gasteiger partial charge on any atom is -0.249 e. The second kappa shape index (κ2) is 6.85. The zero-order valence-electron chi connectivity index (χ0n) is 12.4. The highest BCUT2D eigenvalue weighted by atomic mass is 35.5. The van der Waals surface area contributed by atoms with Crippen LogP contribution in [0.3, 0.4) is 0 Å². The van der Waals surface area contributed by atoms with Gasteiger partial charge in [-0.3, -0.25) is 0 Å². The van der Waals surface area contributed by atoms with Crippen LogP contribution in [0.1, 0.15) is 32.0 Å². The normalized spacial score (nSPS) is 10.9. The van der Waals surface area contributed by atoms with Gasteiger partial charge in [-0.25, -0.2) is 14.1 Å². The molecule has 1 aromatic carbocycles. The highest BCUT2D eigenvalue weighted by molar-refractivity contribution is 6.30. The summed E-state index contributed by atoms with van der Waals surface area (Å²) in [5.74, 6) is 0.833. The fourth-order valence-corrected chi connectivity index (χ4v) is 2.37. The van der Waals surface area contributed by atoms with Gasteiger partial charge < -0.3 is 0 Å². The number of hydrogen-bond donors (Lipinski definition) is 0. The smallest absolute Gasteiger partial charge is 0.161 e. The van der Waals surface area contributed by atoms with Crippen molar-refractivity contribution in [3.8, 4) is 11.4 Å². The van der Waals surface area contributed by atoms with E-state index in [9.17, 15) is 4.39 Å². The van der Waals surface area contributed by atoms with Crippen LogP contribution in [0, 0.1) is 5.82 Å². The first kappa shape index (κ1) is 15.7. The SMILES string of the molecule is C=C(CCC)CCc1nc(-c2ccc(Cl)cc2F)n(C)n1. The number of halogens is 2. The third-order valence-corrected chi connectivity index (χ3v) is 3.52. The van der Waals surface area contributed by atoms with E-state index in [0.29, 0.717) is 22.2 Å². The second-order valence-electron chi connectivity index (χ2n) is 5.10. The maximum Gasteiger partial charge on any atom is 0.161 e. The van der Waals surface area contributed by atoms with Gasteiger partial charge in [-0.05, 0) is 31.0 Å². The molecule has 0 aliphatic carbocycles. The monoisotopic (exact) mass is 307 g/mol. The zero-order valence-corrected chi connectivity index (χ0v) is 13.1.